The number of aromatic amines is 2. The topological polar surface area (TPSA) is 78.2 Å². The van der Waals surface area contributed by atoms with Gasteiger partial charge < -0.3 is 14.7 Å². The molecular formula is C10H15N3O3. The Balaban J connectivity index is 2.04. The zero-order chi connectivity index (χ0) is 11.5. The quantitative estimate of drug-likeness (QED) is 0.736. The summed E-state index contributed by atoms with van der Waals surface area (Å²) in [4.78, 5) is 24.8. The van der Waals surface area contributed by atoms with Gasteiger partial charge >= 0.3 is 0 Å². The Morgan fingerprint density at radius 2 is 2.31 bits per heavy atom. The van der Waals surface area contributed by atoms with Gasteiger partial charge in [0, 0.05) is 25.8 Å². The number of H-pyrrole nitrogens is 2. The summed E-state index contributed by atoms with van der Waals surface area (Å²) < 4.78 is 4.86. The molecule has 1 aromatic heterocycles. The van der Waals surface area contributed by atoms with Crippen LogP contribution < -0.4 is 5.56 Å². The minimum Gasteiger partial charge on any atom is -0.384 e. The second-order valence-electron chi connectivity index (χ2n) is 3.84. The van der Waals surface area contributed by atoms with Crippen LogP contribution in [0.25, 0.3) is 0 Å². The van der Waals surface area contributed by atoms with Crippen molar-refractivity contribution in [2.75, 3.05) is 20.3 Å². The van der Waals surface area contributed by atoms with Gasteiger partial charge in [-0.15, -0.1) is 0 Å². The highest BCUT2D eigenvalue weighted by Crippen LogP contribution is 2.13. The number of fused-ring (bicyclic) bond motifs is 1. The van der Waals surface area contributed by atoms with Crippen molar-refractivity contribution in [3.8, 4) is 0 Å². The third-order valence-corrected chi connectivity index (χ3v) is 2.82. The van der Waals surface area contributed by atoms with E-state index in [1.807, 2.05) is 0 Å². The van der Waals surface area contributed by atoms with Gasteiger partial charge in [-0.2, -0.15) is 0 Å². The van der Waals surface area contributed by atoms with Crippen LogP contribution in [0.15, 0.2) is 4.79 Å². The van der Waals surface area contributed by atoms with Crippen LogP contribution in [0.4, 0.5) is 0 Å². The summed E-state index contributed by atoms with van der Waals surface area (Å²) in [5.41, 5.74) is 1.47. The lowest BCUT2D eigenvalue weighted by Crippen LogP contribution is -2.37. The van der Waals surface area contributed by atoms with E-state index in [0.717, 1.165) is 5.69 Å². The number of hydrogen-bond acceptors (Lipinski definition) is 3. The summed E-state index contributed by atoms with van der Waals surface area (Å²) in [6.07, 6.45) is 1.07. The van der Waals surface area contributed by atoms with Gasteiger partial charge in [0.05, 0.1) is 25.1 Å². The number of aromatic nitrogens is 2. The maximum absolute atomic E-state index is 11.7. The number of rotatable bonds is 3. The Morgan fingerprint density at radius 3 is 3.06 bits per heavy atom. The highest BCUT2D eigenvalue weighted by molar-refractivity contribution is 5.76. The van der Waals surface area contributed by atoms with Crippen LogP contribution >= 0.6 is 0 Å². The van der Waals surface area contributed by atoms with Crippen molar-refractivity contribution in [1.82, 2.24) is 15.1 Å². The summed E-state index contributed by atoms with van der Waals surface area (Å²) in [5.74, 6) is 0.0353. The maximum atomic E-state index is 11.7. The van der Waals surface area contributed by atoms with Crippen molar-refractivity contribution in [2.45, 2.75) is 19.4 Å². The van der Waals surface area contributed by atoms with Crippen LogP contribution in [0.1, 0.15) is 17.7 Å². The maximum Gasteiger partial charge on any atom is 0.269 e. The highest BCUT2D eigenvalue weighted by atomic mass is 16.5. The largest absolute Gasteiger partial charge is 0.384 e. The lowest BCUT2D eigenvalue weighted by molar-refractivity contribution is -0.133. The predicted molar refractivity (Wildman–Crippen MR) is 57.0 cm³/mol. The number of hydrogen-bond donors (Lipinski definition) is 2. The number of ether oxygens (including phenoxy) is 1. The van der Waals surface area contributed by atoms with Crippen molar-refractivity contribution in [3.63, 3.8) is 0 Å². The first kappa shape index (κ1) is 10.9. The molecule has 6 heteroatoms. The van der Waals surface area contributed by atoms with Gasteiger partial charge in [0.2, 0.25) is 5.91 Å². The molecule has 0 saturated carbocycles. The van der Waals surface area contributed by atoms with Gasteiger partial charge in [-0.1, -0.05) is 0 Å². The molecule has 0 unspecified atom stereocenters. The molecule has 0 saturated heterocycles. The molecular weight excluding hydrogens is 210 g/mol. The fourth-order valence-corrected chi connectivity index (χ4v) is 1.88. The summed E-state index contributed by atoms with van der Waals surface area (Å²) in [6.45, 7) is 1.48. The number of nitrogens with one attached hydrogen (secondary N) is 2. The number of methoxy groups -OCH3 is 1. The summed E-state index contributed by atoms with van der Waals surface area (Å²) in [7, 11) is 1.57. The van der Waals surface area contributed by atoms with E-state index in [1.54, 1.807) is 12.0 Å². The molecule has 2 N–H and O–H groups in total. The molecule has 0 bridgehead atoms. The predicted octanol–water partition coefficient (Wildman–Crippen LogP) is -0.376. The second kappa shape index (κ2) is 4.52. The van der Waals surface area contributed by atoms with E-state index in [-0.39, 0.29) is 11.5 Å². The first-order chi connectivity index (χ1) is 7.72. The minimum atomic E-state index is -0.126. The third kappa shape index (κ3) is 2.01. The fraction of sp³-hybridized carbons (Fsp3) is 0.600. The van der Waals surface area contributed by atoms with E-state index in [4.69, 9.17) is 4.74 Å². The van der Waals surface area contributed by atoms with Crippen molar-refractivity contribution < 1.29 is 9.53 Å². The Morgan fingerprint density at radius 1 is 1.50 bits per heavy atom. The van der Waals surface area contributed by atoms with Crippen LogP contribution in [0.2, 0.25) is 0 Å². The Hall–Kier alpha value is -1.56. The molecule has 0 fully saturated rings. The summed E-state index contributed by atoms with van der Waals surface area (Å²) in [5, 5.41) is 5.37. The number of carbonyl (C=O) groups excluding carboxylic acids is 1. The van der Waals surface area contributed by atoms with Crippen LogP contribution in [0, 0.1) is 0 Å². The van der Waals surface area contributed by atoms with Gasteiger partial charge in [0.15, 0.2) is 0 Å². The van der Waals surface area contributed by atoms with Gasteiger partial charge in [-0.05, 0) is 0 Å². The number of nitrogens with zero attached hydrogens (tertiary/aromatic N) is 1. The Kier molecular flexibility index (Phi) is 3.09. The monoisotopic (exact) mass is 225 g/mol. The van der Waals surface area contributed by atoms with Crippen molar-refractivity contribution >= 4 is 5.91 Å². The van der Waals surface area contributed by atoms with Gasteiger partial charge in [0.25, 0.3) is 5.56 Å². The molecule has 0 aromatic carbocycles. The lowest BCUT2D eigenvalue weighted by atomic mass is 10.1. The minimum absolute atomic E-state index is 0.0353. The van der Waals surface area contributed by atoms with E-state index in [1.165, 1.54) is 0 Å². The van der Waals surface area contributed by atoms with E-state index < -0.39 is 0 Å². The Labute approximate surface area is 92.6 Å². The summed E-state index contributed by atoms with van der Waals surface area (Å²) >= 11 is 0. The number of carbonyl (C=O) groups is 1. The zero-order valence-electron chi connectivity index (χ0n) is 9.21. The molecule has 2 heterocycles. The van der Waals surface area contributed by atoms with Crippen LogP contribution in [0.5, 0.6) is 0 Å². The SMILES string of the molecule is COCCC(=O)N1CCc2[nH][nH]c(=O)c2C1. The number of amides is 1. The smallest absolute Gasteiger partial charge is 0.269 e. The van der Waals surface area contributed by atoms with Gasteiger partial charge in [-0.25, -0.2) is 0 Å². The first-order valence-corrected chi connectivity index (χ1v) is 5.27. The Bertz CT molecular complexity index is 435. The average molecular weight is 225 g/mol. The molecule has 0 aliphatic carbocycles. The molecule has 1 aliphatic rings. The van der Waals surface area contributed by atoms with Crippen molar-refractivity contribution in [2.24, 2.45) is 0 Å². The van der Waals surface area contributed by atoms with Gasteiger partial charge in [-0.3, -0.25) is 14.7 Å². The second-order valence-corrected chi connectivity index (χ2v) is 3.84. The highest BCUT2D eigenvalue weighted by Gasteiger charge is 2.23. The average Bonchev–Trinajstić information content (AvgIpc) is 2.67. The lowest BCUT2D eigenvalue weighted by Gasteiger charge is -2.26. The molecule has 1 aromatic rings. The van der Waals surface area contributed by atoms with Crippen LogP contribution in [0.3, 0.4) is 0 Å². The molecule has 1 aliphatic heterocycles. The molecule has 6 nitrogen and oxygen atoms in total. The molecule has 88 valence electrons. The zero-order valence-corrected chi connectivity index (χ0v) is 9.21. The molecule has 1 amide bonds. The summed E-state index contributed by atoms with van der Waals surface area (Å²) in [6, 6.07) is 0. The van der Waals surface area contributed by atoms with E-state index >= 15 is 0 Å². The van der Waals surface area contributed by atoms with Crippen LogP contribution in [-0.4, -0.2) is 41.3 Å². The van der Waals surface area contributed by atoms with E-state index in [9.17, 15) is 9.59 Å². The molecule has 0 atom stereocenters. The van der Waals surface area contributed by atoms with Crippen molar-refractivity contribution in [1.29, 1.82) is 0 Å². The van der Waals surface area contributed by atoms with Gasteiger partial charge in [0.1, 0.15) is 0 Å². The van der Waals surface area contributed by atoms with Crippen molar-refractivity contribution in [3.05, 3.63) is 21.6 Å². The standard InChI is InChI=1S/C10H15N3O3/c1-16-5-3-9(14)13-4-2-8-7(6-13)10(15)12-11-8/h2-6H2,1H3,(H2,11,12,15). The molecule has 0 spiro atoms. The normalized spacial score (nSPS) is 14.9. The van der Waals surface area contributed by atoms with E-state index in [2.05, 4.69) is 10.2 Å². The first-order valence-electron chi connectivity index (χ1n) is 5.27. The third-order valence-electron chi connectivity index (χ3n) is 2.82. The fourth-order valence-electron chi connectivity index (χ4n) is 1.88. The molecule has 0 radical (unpaired) electrons. The van der Waals surface area contributed by atoms with Crippen LogP contribution in [-0.2, 0) is 22.5 Å². The molecule has 2 rings (SSSR count). The molecule has 16 heavy (non-hydrogen) atoms. The van der Waals surface area contributed by atoms with E-state index in [0.29, 0.717) is 38.1 Å².